The van der Waals surface area contributed by atoms with Crippen molar-refractivity contribution in [1.82, 2.24) is 0 Å². The minimum Gasteiger partial charge on any atom is -0.472 e. The zero-order valence-corrected chi connectivity index (χ0v) is 14.1. The van der Waals surface area contributed by atoms with Gasteiger partial charge >= 0.3 is 6.18 Å². The first-order valence-electron chi connectivity index (χ1n) is 7.37. The maximum Gasteiger partial charge on any atom is 0.418 e. The summed E-state index contributed by atoms with van der Waals surface area (Å²) in [6.07, 6.45) is 2.33. The Morgan fingerprint density at radius 1 is 1.25 bits per heavy atom. The molecule has 0 aliphatic heterocycles. The number of allylic oxidation sites excluding steroid dienone is 6. The molecule has 0 amide bonds. The second kappa shape index (κ2) is 8.47. The molecule has 0 saturated carbocycles. The van der Waals surface area contributed by atoms with E-state index >= 15 is 0 Å². The van der Waals surface area contributed by atoms with Gasteiger partial charge in [-0.25, -0.2) is 0 Å². The Bertz CT molecular complexity index is 690. The quantitative estimate of drug-likeness (QED) is 0.506. The number of aliphatic imine (C=N–C) groups is 1. The summed E-state index contributed by atoms with van der Waals surface area (Å²) < 4.78 is 45.2. The highest BCUT2D eigenvalue weighted by atomic mass is 19.4. The molecule has 1 rings (SSSR count). The third-order valence-corrected chi connectivity index (χ3v) is 3.24. The monoisotopic (exact) mass is 339 g/mol. The number of furan rings is 1. The summed E-state index contributed by atoms with van der Waals surface area (Å²) in [6.45, 7) is 5.93. The standard InChI is InChI=1S/C18H20F3NO2/c1-5-14(15-7-8-24-11-15)10-17(18(19,20)21)13(4)22-16(6-2)9-12(3)23/h5-8,10-11H,9H2,1-4H3/b14-5+,16-6-,17-10+,22-13-. The third kappa shape index (κ3) is 5.68. The van der Waals surface area contributed by atoms with Crippen molar-refractivity contribution >= 4 is 17.1 Å². The van der Waals surface area contributed by atoms with Crippen LogP contribution in [0, 0.1) is 0 Å². The molecule has 0 aliphatic carbocycles. The van der Waals surface area contributed by atoms with Crippen LogP contribution in [0.2, 0.25) is 0 Å². The number of carbonyl (C=O) groups is 1. The number of carbonyl (C=O) groups excluding carboxylic acids is 1. The van der Waals surface area contributed by atoms with E-state index in [2.05, 4.69) is 4.99 Å². The molecular weight excluding hydrogens is 319 g/mol. The maximum atomic E-state index is 13.4. The summed E-state index contributed by atoms with van der Waals surface area (Å²) in [5, 5.41) is 0. The van der Waals surface area contributed by atoms with Crippen molar-refractivity contribution in [2.24, 2.45) is 4.99 Å². The van der Waals surface area contributed by atoms with E-state index in [-0.39, 0.29) is 17.9 Å². The normalized spacial score (nSPS) is 15.0. The van der Waals surface area contributed by atoms with Gasteiger partial charge in [-0.3, -0.25) is 9.79 Å². The van der Waals surface area contributed by atoms with E-state index in [1.54, 1.807) is 26.0 Å². The molecule has 0 saturated heterocycles. The van der Waals surface area contributed by atoms with Gasteiger partial charge in [0.1, 0.15) is 5.78 Å². The Hall–Kier alpha value is -2.37. The zero-order chi connectivity index (χ0) is 18.3. The largest absolute Gasteiger partial charge is 0.472 e. The Balaban J connectivity index is 3.32. The van der Waals surface area contributed by atoms with Crippen LogP contribution in [-0.4, -0.2) is 17.7 Å². The molecule has 24 heavy (non-hydrogen) atoms. The van der Waals surface area contributed by atoms with E-state index in [4.69, 9.17) is 4.42 Å². The highest BCUT2D eigenvalue weighted by Crippen LogP contribution is 2.31. The van der Waals surface area contributed by atoms with E-state index in [1.165, 1.54) is 32.4 Å². The number of hydrogen-bond donors (Lipinski definition) is 0. The van der Waals surface area contributed by atoms with Crippen LogP contribution in [-0.2, 0) is 4.79 Å². The topological polar surface area (TPSA) is 42.6 Å². The molecular formula is C18H20F3NO2. The first-order chi connectivity index (χ1) is 11.2. The molecule has 3 nitrogen and oxygen atoms in total. The van der Waals surface area contributed by atoms with Crippen molar-refractivity contribution < 1.29 is 22.4 Å². The molecule has 0 fully saturated rings. The van der Waals surface area contributed by atoms with Gasteiger partial charge < -0.3 is 4.42 Å². The zero-order valence-electron chi connectivity index (χ0n) is 14.1. The fourth-order valence-corrected chi connectivity index (χ4v) is 2.05. The number of alkyl halides is 3. The van der Waals surface area contributed by atoms with Gasteiger partial charge in [0.05, 0.1) is 18.1 Å². The van der Waals surface area contributed by atoms with E-state index in [0.29, 0.717) is 16.8 Å². The number of ketones is 1. The molecule has 0 N–H and O–H groups in total. The molecule has 0 aliphatic rings. The van der Waals surface area contributed by atoms with Crippen LogP contribution in [0.25, 0.3) is 5.57 Å². The average Bonchev–Trinajstić information content (AvgIpc) is 2.99. The molecule has 0 radical (unpaired) electrons. The van der Waals surface area contributed by atoms with Crippen LogP contribution >= 0.6 is 0 Å². The van der Waals surface area contributed by atoms with Crippen molar-refractivity contribution in [3.8, 4) is 0 Å². The Morgan fingerprint density at radius 2 is 1.92 bits per heavy atom. The van der Waals surface area contributed by atoms with E-state index in [1.807, 2.05) is 0 Å². The van der Waals surface area contributed by atoms with Crippen LogP contribution in [0.3, 0.4) is 0 Å². The van der Waals surface area contributed by atoms with E-state index in [0.717, 1.165) is 6.08 Å². The van der Waals surface area contributed by atoms with Crippen LogP contribution in [0.1, 0.15) is 39.7 Å². The van der Waals surface area contributed by atoms with Gasteiger partial charge in [-0.05, 0) is 45.4 Å². The van der Waals surface area contributed by atoms with Gasteiger partial charge in [-0.2, -0.15) is 13.2 Å². The number of halogens is 3. The fourth-order valence-electron chi connectivity index (χ4n) is 2.05. The van der Waals surface area contributed by atoms with Gasteiger partial charge in [-0.1, -0.05) is 12.2 Å². The van der Waals surface area contributed by atoms with Gasteiger partial charge in [0.2, 0.25) is 0 Å². The molecule has 1 aromatic rings. The molecule has 0 unspecified atom stereocenters. The average molecular weight is 339 g/mol. The molecule has 130 valence electrons. The third-order valence-electron chi connectivity index (χ3n) is 3.24. The number of nitrogens with zero attached hydrogens (tertiary/aromatic N) is 1. The lowest BCUT2D eigenvalue weighted by molar-refractivity contribution is -0.116. The SMILES string of the molecule is C\C=C(CC(C)=O)/N=C(C)\C(=C/C(=C\C)c1ccoc1)C(F)(F)F. The summed E-state index contributed by atoms with van der Waals surface area (Å²) in [5.41, 5.74) is 0.168. The van der Waals surface area contributed by atoms with Crippen LogP contribution in [0.5, 0.6) is 0 Å². The predicted molar refractivity (Wildman–Crippen MR) is 88.7 cm³/mol. The molecule has 0 spiro atoms. The van der Waals surface area contributed by atoms with Crippen molar-refractivity contribution in [1.29, 1.82) is 0 Å². The second-order valence-electron chi connectivity index (χ2n) is 5.17. The first-order valence-corrected chi connectivity index (χ1v) is 7.37. The van der Waals surface area contributed by atoms with E-state index < -0.39 is 11.7 Å². The Labute approximate surface area is 139 Å². The van der Waals surface area contributed by atoms with Gasteiger partial charge in [0.15, 0.2) is 0 Å². The van der Waals surface area contributed by atoms with Crippen LogP contribution in [0.15, 0.2) is 57.5 Å². The fraction of sp³-hybridized carbons (Fsp3) is 0.333. The second-order valence-corrected chi connectivity index (χ2v) is 5.17. The molecule has 0 aromatic carbocycles. The van der Waals surface area contributed by atoms with Crippen molar-refractivity contribution in [2.45, 2.75) is 40.3 Å². The lowest BCUT2D eigenvalue weighted by atomic mass is 10.0. The summed E-state index contributed by atoms with van der Waals surface area (Å²) in [7, 11) is 0. The molecule has 6 heteroatoms. The minimum atomic E-state index is -4.57. The van der Waals surface area contributed by atoms with Crippen molar-refractivity contribution in [3.63, 3.8) is 0 Å². The first kappa shape index (κ1) is 19.7. The van der Waals surface area contributed by atoms with Gasteiger partial charge in [0, 0.05) is 23.4 Å². The summed E-state index contributed by atoms with van der Waals surface area (Å²) in [5.74, 6) is -0.162. The van der Waals surface area contributed by atoms with Crippen LogP contribution in [0.4, 0.5) is 13.2 Å². The maximum absolute atomic E-state index is 13.4. The number of rotatable bonds is 6. The number of hydrogen-bond acceptors (Lipinski definition) is 3. The minimum absolute atomic E-state index is 0.00280. The summed E-state index contributed by atoms with van der Waals surface area (Å²) in [4.78, 5) is 15.2. The Morgan fingerprint density at radius 3 is 2.33 bits per heavy atom. The Kier molecular flexibility index (Phi) is 6.95. The highest BCUT2D eigenvalue weighted by Gasteiger charge is 2.35. The highest BCUT2D eigenvalue weighted by molar-refractivity contribution is 6.02. The molecule has 0 atom stereocenters. The van der Waals surface area contributed by atoms with E-state index in [9.17, 15) is 18.0 Å². The van der Waals surface area contributed by atoms with Gasteiger partial charge in [-0.15, -0.1) is 0 Å². The lowest BCUT2D eigenvalue weighted by Crippen LogP contribution is -2.19. The summed E-state index contributed by atoms with van der Waals surface area (Å²) >= 11 is 0. The molecule has 1 heterocycles. The smallest absolute Gasteiger partial charge is 0.418 e. The van der Waals surface area contributed by atoms with Gasteiger partial charge in [0.25, 0.3) is 0 Å². The molecule has 0 bridgehead atoms. The lowest BCUT2D eigenvalue weighted by Gasteiger charge is -2.13. The predicted octanol–water partition coefficient (Wildman–Crippen LogP) is 5.52. The summed E-state index contributed by atoms with van der Waals surface area (Å²) in [6, 6.07) is 1.58. The molecule has 1 aromatic heterocycles. The number of Topliss-reactive ketones (excluding diaryl/α,β-unsaturated/α-hetero) is 1. The van der Waals surface area contributed by atoms with Crippen molar-refractivity contribution in [2.75, 3.05) is 0 Å². The van der Waals surface area contributed by atoms with Crippen molar-refractivity contribution in [3.05, 3.63) is 53.7 Å². The van der Waals surface area contributed by atoms with Crippen LogP contribution < -0.4 is 0 Å².